The van der Waals surface area contributed by atoms with Gasteiger partial charge in [-0.3, -0.25) is 14.6 Å². The van der Waals surface area contributed by atoms with E-state index in [1.165, 1.54) is 6.92 Å². The van der Waals surface area contributed by atoms with E-state index in [-0.39, 0.29) is 11.8 Å². The van der Waals surface area contributed by atoms with Gasteiger partial charge in [0, 0.05) is 41.9 Å². The zero-order valence-electron chi connectivity index (χ0n) is 20.6. The molecule has 9 nitrogen and oxygen atoms in total. The van der Waals surface area contributed by atoms with Crippen molar-refractivity contribution in [3.05, 3.63) is 90.1 Å². The number of aromatic nitrogens is 4. The summed E-state index contributed by atoms with van der Waals surface area (Å²) in [6.45, 7) is 1.76. The largest absolute Gasteiger partial charge is 0.495 e. The van der Waals surface area contributed by atoms with Gasteiger partial charge in [-0.25, -0.2) is 4.52 Å². The Bertz CT molecular complexity index is 1540. The minimum atomic E-state index is -0.763. The Hall–Kier alpha value is -4.66. The second-order valence-electron chi connectivity index (χ2n) is 8.72. The molecule has 0 radical (unpaired) electrons. The van der Waals surface area contributed by atoms with Crippen LogP contribution in [0.5, 0.6) is 5.75 Å². The first-order valence-corrected chi connectivity index (χ1v) is 12.0. The van der Waals surface area contributed by atoms with Gasteiger partial charge in [-0.1, -0.05) is 12.1 Å². The van der Waals surface area contributed by atoms with Crippen molar-refractivity contribution in [2.75, 3.05) is 19.0 Å². The highest BCUT2D eigenvalue weighted by Gasteiger charge is 2.27. The number of rotatable bonds is 10. The van der Waals surface area contributed by atoms with Crippen molar-refractivity contribution in [1.82, 2.24) is 19.6 Å². The third kappa shape index (κ3) is 5.30. The predicted molar refractivity (Wildman–Crippen MR) is 140 cm³/mol. The fraction of sp³-hybridized carbons (Fsp3) is 0.214. The first-order chi connectivity index (χ1) is 18.0. The number of hydrogen-bond donors (Lipinski definition) is 2. The number of nitrogens with one attached hydrogen (secondary N) is 2. The lowest BCUT2D eigenvalue weighted by Crippen LogP contribution is -2.22. The van der Waals surface area contributed by atoms with Crippen molar-refractivity contribution in [1.29, 1.82) is 0 Å². The predicted octanol–water partition coefficient (Wildman–Crippen LogP) is 4.75. The number of H-pyrrole nitrogens is 1. The van der Waals surface area contributed by atoms with Crippen LogP contribution in [-0.4, -0.2) is 45.1 Å². The summed E-state index contributed by atoms with van der Waals surface area (Å²) in [5, 5.41) is 8.82. The molecule has 4 aromatic heterocycles. The number of carbonyl (C=O) groups excluding carboxylic acids is 2. The maximum atomic E-state index is 14.1. The third-order valence-electron chi connectivity index (χ3n) is 6.13. The van der Waals surface area contributed by atoms with Crippen LogP contribution in [0.25, 0.3) is 16.4 Å². The SMILES string of the molecule is COc1cncc(NC(C(=O)c2c[nH]c3ccc(CCCOC(C)=O)cc23)c2cc3ccccn3n2)c1. The van der Waals surface area contributed by atoms with Gasteiger partial charge in [-0.05, 0) is 48.7 Å². The molecule has 2 N–H and O–H groups in total. The average molecular weight is 498 g/mol. The number of aryl methyl sites for hydroxylation is 1. The Kier molecular flexibility index (Phi) is 6.85. The Morgan fingerprint density at radius 2 is 2.03 bits per heavy atom. The molecule has 0 saturated carbocycles. The second kappa shape index (κ2) is 10.5. The van der Waals surface area contributed by atoms with Gasteiger partial charge in [0.1, 0.15) is 11.8 Å². The maximum absolute atomic E-state index is 14.1. The van der Waals surface area contributed by atoms with Gasteiger partial charge in [0.25, 0.3) is 0 Å². The monoisotopic (exact) mass is 497 g/mol. The summed E-state index contributed by atoms with van der Waals surface area (Å²) >= 11 is 0. The number of ether oxygens (including phenoxy) is 2. The number of esters is 1. The molecule has 5 rings (SSSR count). The molecule has 0 fully saturated rings. The molecule has 37 heavy (non-hydrogen) atoms. The summed E-state index contributed by atoms with van der Waals surface area (Å²) in [5.74, 6) is 0.164. The van der Waals surface area contributed by atoms with Crippen molar-refractivity contribution in [3.8, 4) is 5.75 Å². The summed E-state index contributed by atoms with van der Waals surface area (Å²) < 4.78 is 12.1. The molecule has 188 valence electrons. The Morgan fingerprint density at radius 3 is 2.84 bits per heavy atom. The molecule has 1 atom stereocenters. The van der Waals surface area contributed by atoms with Gasteiger partial charge in [-0.15, -0.1) is 0 Å². The van der Waals surface area contributed by atoms with Gasteiger partial charge >= 0.3 is 5.97 Å². The lowest BCUT2D eigenvalue weighted by atomic mass is 9.98. The quantitative estimate of drug-likeness (QED) is 0.163. The summed E-state index contributed by atoms with van der Waals surface area (Å²) in [7, 11) is 1.57. The van der Waals surface area contributed by atoms with Crippen LogP contribution in [0.2, 0.25) is 0 Å². The van der Waals surface area contributed by atoms with Crippen LogP contribution in [-0.2, 0) is 16.0 Å². The number of ketones is 1. The van der Waals surface area contributed by atoms with E-state index in [4.69, 9.17) is 9.47 Å². The van der Waals surface area contributed by atoms with E-state index in [0.29, 0.717) is 35.7 Å². The molecule has 4 heterocycles. The van der Waals surface area contributed by atoms with E-state index in [2.05, 4.69) is 20.4 Å². The van der Waals surface area contributed by atoms with Crippen molar-refractivity contribution >= 4 is 33.9 Å². The van der Waals surface area contributed by atoms with Crippen molar-refractivity contribution < 1.29 is 19.1 Å². The first-order valence-electron chi connectivity index (χ1n) is 12.0. The summed E-state index contributed by atoms with van der Waals surface area (Å²) in [5.41, 5.74) is 4.59. The van der Waals surface area contributed by atoms with Crippen LogP contribution in [0, 0.1) is 0 Å². The van der Waals surface area contributed by atoms with Gasteiger partial charge in [0.2, 0.25) is 0 Å². The average Bonchev–Trinajstić information content (AvgIpc) is 3.53. The van der Waals surface area contributed by atoms with E-state index in [1.54, 1.807) is 36.3 Å². The van der Waals surface area contributed by atoms with Crippen LogP contribution in [0.4, 0.5) is 5.69 Å². The summed E-state index contributed by atoms with van der Waals surface area (Å²) in [6.07, 6.45) is 8.27. The molecule has 1 unspecified atom stereocenters. The molecule has 0 saturated heterocycles. The summed E-state index contributed by atoms with van der Waals surface area (Å²) in [4.78, 5) is 32.5. The number of aromatic amines is 1. The number of benzene rings is 1. The highest BCUT2D eigenvalue weighted by Crippen LogP contribution is 2.29. The van der Waals surface area contributed by atoms with Gasteiger partial charge in [-0.2, -0.15) is 5.10 Å². The van der Waals surface area contributed by atoms with E-state index in [0.717, 1.165) is 28.4 Å². The Balaban J connectivity index is 1.49. The molecule has 0 amide bonds. The minimum absolute atomic E-state index is 0.130. The van der Waals surface area contributed by atoms with E-state index in [9.17, 15) is 9.59 Å². The van der Waals surface area contributed by atoms with Crippen LogP contribution in [0.1, 0.15) is 41.0 Å². The standard InChI is InChI=1S/C28H27N5O4/c1-18(34)37-11-5-6-19-8-9-25-23(12-19)24(17-30-25)28(35)27(31-20-13-22(36-2)16-29-15-20)26-14-21-7-3-4-10-33(21)32-26/h3-4,7-10,12-17,27,30-31H,5-6,11H2,1-2H3. The van der Waals surface area contributed by atoms with Crippen molar-refractivity contribution in [2.45, 2.75) is 25.8 Å². The van der Waals surface area contributed by atoms with Gasteiger partial charge in [0.15, 0.2) is 5.78 Å². The molecule has 5 aromatic rings. The van der Waals surface area contributed by atoms with E-state index >= 15 is 0 Å². The molecule has 0 spiro atoms. The van der Waals surface area contributed by atoms with Crippen LogP contribution in [0.3, 0.4) is 0 Å². The first kappa shape index (κ1) is 24.1. The van der Waals surface area contributed by atoms with Crippen LogP contribution >= 0.6 is 0 Å². The number of anilines is 1. The zero-order valence-corrected chi connectivity index (χ0v) is 20.6. The molecule has 0 aliphatic carbocycles. The molecular formula is C28H27N5O4. The molecule has 0 bridgehead atoms. The maximum Gasteiger partial charge on any atom is 0.302 e. The third-order valence-corrected chi connectivity index (χ3v) is 6.13. The molecule has 1 aromatic carbocycles. The van der Waals surface area contributed by atoms with Crippen molar-refractivity contribution in [3.63, 3.8) is 0 Å². The van der Waals surface area contributed by atoms with Gasteiger partial charge < -0.3 is 19.8 Å². The molecule has 0 aliphatic heterocycles. The second-order valence-corrected chi connectivity index (χ2v) is 8.72. The lowest BCUT2D eigenvalue weighted by Gasteiger charge is -2.17. The number of nitrogens with zero attached hydrogens (tertiary/aromatic N) is 3. The number of fused-ring (bicyclic) bond motifs is 2. The lowest BCUT2D eigenvalue weighted by molar-refractivity contribution is -0.141. The normalized spacial score (nSPS) is 11.9. The van der Waals surface area contributed by atoms with Crippen LogP contribution < -0.4 is 10.1 Å². The fourth-order valence-corrected chi connectivity index (χ4v) is 4.32. The summed E-state index contributed by atoms with van der Waals surface area (Å²) in [6, 6.07) is 14.7. The fourth-order valence-electron chi connectivity index (χ4n) is 4.32. The number of methoxy groups -OCH3 is 1. The van der Waals surface area contributed by atoms with E-state index < -0.39 is 6.04 Å². The molecule has 0 aliphatic rings. The number of Topliss-reactive ketones (excluding diaryl/α,β-unsaturated/α-hetero) is 1. The smallest absolute Gasteiger partial charge is 0.302 e. The highest BCUT2D eigenvalue weighted by atomic mass is 16.5. The van der Waals surface area contributed by atoms with E-state index in [1.807, 2.05) is 48.7 Å². The minimum Gasteiger partial charge on any atom is -0.495 e. The van der Waals surface area contributed by atoms with Gasteiger partial charge in [0.05, 0.1) is 43.0 Å². The van der Waals surface area contributed by atoms with Crippen LogP contribution in [0.15, 0.2) is 73.3 Å². The Morgan fingerprint density at radius 1 is 1.14 bits per heavy atom. The number of carbonyl (C=O) groups is 2. The number of pyridine rings is 2. The zero-order chi connectivity index (χ0) is 25.8. The highest BCUT2D eigenvalue weighted by molar-refractivity contribution is 6.11. The Labute approximate surface area is 213 Å². The number of hydrogen-bond acceptors (Lipinski definition) is 7. The molecular weight excluding hydrogens is 470 g/mol. The molecule has 9 heteroatoms. The topological polar surface area (TPSA) is 111 Å². The van der Waals surface area contributed by atoms with Crippen molar-refractivity contribution in [2.24, 2.45) is 0 Å².